The number of hydrogen-bond donors (Lipinski definition) is 1. The summed E-state index contributed by atoms with van der Waals surface area (Å²) in [4.78, 5) is 6.83. The van der Waals surface area contributed by atoms with Gasteiger partial charge in [-0.25, -0.2) is 4.98 Å². The first-order chi connectivity index (χ1) is 8.60. The predicted molar refractivity (Wildman–Crippen MR) is 85.6 cm³/mol. The molecule has 1 atom stereocenters. The first kappa shape index (κ1) is 15.8. The Morgan fingerprint density at radius 1 is 1.56 bits per heavy atom. The van der Waals surface area contributed by atoms with Gasteiger partial charge in [0.15, 0.2) is 0 Å². The van der Waals surface area contributed by atoms with Crippen LogP contribution in [-0.4, -0.2) is 37.1 Å². The molecule has 1 N–H and O–H groups in total. The largest absolute Gasteiger partial charge is 0.357 e. The topological polar surface area (TPSA) is 28.2 Å². The fraction of sp³-hybridized carbons (Fsp3) is 0.615. The van der Waals surface area contributed by atoms with Crippen molar-refractivity contribution in [2.75, 3.05) is 31.0 Å². The molecule has 5 heteroatoms. The van der Waals surface area contributed by atoms with E-state index < -0.39 is 0 Å². The SMILES string of the molecule is CNCc1cc(Br)cnc1N(C)C(C)CCSC. The van der Waals surface area contributed by atoms with Crippen LogP contribution < -0.4 is 10.2 Å². The van der Waals surface area contributed by atoms with Gasteiger partial charge in [0.1, 0.15) is 5.82 Å². The second-order valence-electron chi connectivity index (χ2n) is 4.41. The van der Waals surface area contributed by atoms with E-state index in [1.54, 1.807) is 0 Å². The average molecular weight is 332 g/mol. The monoisotopic (exact) mass is 331 g/mol. The van der Waals surface area contributed by atoms with Crippen LogP contribution >= 0.6 is 27.7 Å². The van der Waals surface area contributed by atoms with Gasteiger partial charge in [0.2, 0.25) is 0 Å². The standard InChI is InChI=1S/C13H22BrN3S/c1-10(5-6-18-4)17(3)13-11(8-15-2)7-12(14)9-16-13/h7,9-10,15H,5-6,8H2,1-4H3. The minimum Gasteiger partial charge on any atom is -0.357 e. The van der Waals surface area contributed by atoms with E-state index in [4.69, 9.17) is 0 Å². The van der Waals surface area contributed by atoms with Crippen LogP contribution in [0.5, 0.6) is 0 Å². The van der Waals surface area contributed by atoms with Crippen molar-refractivity contribution >= 4 is 33.5 Å². The van der Waals surface area contributed by atoms with Crippen LogP contribution in [0.15, 0.2) is 16.7 Å². The average Bonchev–Trinajstić information content (AvgIpc) is 2.36. The molecule has 1 heterocycles. The lowest BCUT2D eigenvalue weighted by atomic mass is 10.2. The van der Waals surface area contributed by atoms with E-state index in [0.717, 1.165) is 16.8 Å². The molecule has 0 fully saturated rings. The fourth-order valence-corrected chi connectivity index (χ4v) is 2.76. The van der Waals surface area contributed by atoms with Gasteiger partial charge in [-0.1, -0.05) is 0 Å². The normalized spacial score (nSPS) is 12.5. The molecular formula is C13H22BrN3S. The van der Waals surface area contributed by atoms with Gasteiger partial charge in [0.05, 0.1) is 0 Å². The Bertz CT molecular complexity index is 373. The van der Waals surface area contributed by atoms with Crippen LogP contribution in [0.2, 0.25) is 0 Å². The second kappa shape index (κ2) is 8.02. The third-order valence-electron chi connectivity index (χ3n) is 3.01. The summed E-state index contributed by atoms with van der Waals surface area (Å²) in [6, 6.07) is 2.64. The number of thioether (sulfide) groups is 1. The summed E-state index contributed by atoms with van der Waals surface area (Å²) in [7, 11) is 4.09. The highest BCUT2D eigenvalue weighted by atomic mass is 79.9. The summed E-state index contributed by atoms with van der Waals surface area (Å²) in [5.74, 6) is 2.25. The Morgan fingerprint density at radius 2 is 2.28 bits per heavy atom. The van der Waals surface area contributed by atoms with Crippen LogP contribution in [0, 0.1) is 0 Å². The number of nitrogens with zero attached hydrogens (tertiary/aromatic N) is 2. The Labute approximate surface area is 123 Å². The molecule has 0 aliphatic carbocycles. The van der Waals surface area contributed by atoms with E-state index in [9.17, 15) is 0 Å². The maximum atomic E-state index is 4.56. The van der Waals surface area contributed by atoms with Crippen LogP contribution in [0.1, 0.15) is 18.9 Å². The smallest absolute Gasteiger partial charge is 0.133 e. The van der Waals surface area contributed by atoms with E-state index in [2.05, 4.69) is 57.4 Å². The zero-order chi connectivity index (χ0) is 13.5. The van der Waals surface area contributed by atoms with Crippen molar-refractivity contribution in [2.45, 2.75) is 25.9 Å². The molecule has 0 spiro atoms. The summed E-state index contributed by atoms with van der Waals surface area (Å²) < 4.78 is 1.03. The van der Waals surface area contributed by atoms with Gasteiger partial charge >= 0.3 is 0 Å². The van der Waals surface area contributed by atoms with Gasteiger partial charge in [-0.05, 0) is 54.4 Å². The van der Waals surface area contributed by atoms with Crippen LogP contribution in [0.4, 0.5) is 5.82 Å². The van der Waals surface area contributed by atoms with Crippen LogP contribution in [0.25, 0.3) is 0 Å². The van der Waals surface area contributed by atoms with Crippen molar-refractivity contribution in [3.05, 3.63) is 22.3 Å². The summed E-state index contributed by atoms with van der Waals surface area (Å²) in [5.41, 5.74) is 1.23. The molecule has 1 unspecified atom stereocenters. The lowest BCUT2D eigenvalue weighted by Crippen LogP contribution is -2.31. The fourth-order valence-electron chi connectivity index (χ4n) is 1.80. The van der Waals surface area contributed by atoms with E-state index in [1.807, 2.05) is 25.0 Å². The molecule has 0 radical (unpaired) electrons. The van der Waals surface area contributed by atoms with E-state index >= 15 is 0 Å². The first-order valence-corrected chi connectivity index (χ1v) is 8.29. The minimum absolute atomic E-state index is 0.502. The van der Waals surface area contributed by atoms with Crippen LogP contribution in [0.3, 0.4) is 0 Å². The van der Waals surface area contributed by atoms with Crippen molar-refractivity contribution in [3.63, 3.8) is 0 Å². The molecule has 18 heavy (non-hydrogen) atoms. The van der Waals surface area contributed by atoms with Crippen molar-refractivity contribution < 1.29 is 0 Å². The van der Waals surface area contributed by atoms with Gasteiger partial charge in [-0.15, -0.1) is 0 Å². The predicted octanol–water partition coefficient (Wildman–Crippen LogP) is 3.14. The number of halogens is 1. The third kappa shape index (κ3) is 4.44. The maximum Gasteiger partial charge on any atom is 0.133 e. The molecule has 1 rings (SSSR count). The maximum absolute atomic E-state index is 4.56. The molecule has 102 valence electrons. The molecule has 0 amide bonds. The highest BCUT2D eigenvalue weighted by Gasteiger charge is 2.14. The van der Waals surface area contributed by atoms with E-state index in [-0.39, 0.29) is 0 Å². The molecule has 3 nitrogen and oxygen atoms in total. The van der Waals surface area contributed by atoms with E-state index in [0.29, 0.717) is 6.04 Å². The van der Waals surface area contributed by atoms with Crippen molar-refractivity contribution in [1.29, 1.82) is 0 Å². The summed E-state index contributed by atoms with van der Waals surface area (Å²) in [6.45, 7) is 3.09. The molecule has 0 saturated heterocycles. The first-order valence-electron chi connectivity index (χ1n) is 6.11. The minimum atomic E-state index is 0.502. The quantitative estimate of drug-likeness (QED) is 0.830. The molecule has 1 aromatic rings. The third-order valence-corrected chi connectivity index (χ3v) is 4.09. The lowest BCUT2D eigenvalue weighted by Gasteiger charge is -2.28. The number of hydrogen-bond acceptors (Lipinski definition) is 4. The molecule has 0 aromatic carbocycles. The Morgan fingerprint density at radius 3 is 2.89 bits per heavy atom. The van der Waals surface area contributed by atoms with Crippen molar-refractivity contribution in [2.24, 2.45) is 0 Å². The number of rotatable bonds is 7. The Hall–Kier alpha value is -0.260. The van der Waals surface area contributed by atoms with Gasteiger partial charge < -0.3 is 10.2 Å². The second-order valence-corrected chi connectivity index (χ2v) is 6.31. The van der Waals surface area contributed by atoms with Gasteiger partial charge in [0, 0.05) is 35.9 Å². The highest BCUT2D eigenvalue weighted by molar-refractivity contribution is 9.10. The van der Waals surface area contributed by atoms with Gasteiger partial charge in [-0.3, -0.25) is 0 Å². The van der Waals surface area contributed by atoms with Gasteiger partial charge in [0.25, 0.3) is 0 Å². The number of aromatic nitrogens is 1. The summed E-state index contributed by atoms with van der Waals surface area (Å²) in [6.07, 6.45) is 5.19. The molecular weight excluding hydrogens is 310 g/mol. The van der Waals surface area contributed by atoms with Crippen LogP contribution in [-0.2, 0) is 6.54 Å². The number of pyridine rings is 1. The lowest BCUT2D eigenvalue weighted by molar-refractivity contribution is 0.655. The zero-order valence-corrected chi connectivity index (χ0v) is 13.9. The zero-order valence-electron chi connectivity index (χ0n) is 11.5. The molecule has 0 aliphatic heterocycles. The molecule has 0 saturated carbocycles. The molecule has 1 aromatic heterocycles. The number of anilines is 1. The number of nitrogens with one attached hydrogen (secondary N) is 1. The summed E-state index contributed by atoms with van der Waals surface area (Å²) in [5, 5.41) is 3.20. The van der Waals surface area contributed by atoms with Crippen molar-refractivity contribution in [3.8, 4) is 0 Å². The highest BCUT2D eigenvalue weighted by Crippen LogP contribution is 2.23. The Balaban J connectivity index is 2.86. The van der Waals surface area contributed by atoms with E-state index in [1.165, 1.54) is 17.7 Å². The van der Waals surface area contributed by atoms with Gasteiger partial charge in [-0.2, -0.15) is 11.8 Å². The molecule has 0 aliphatic rings. The summed E-state index contributed by atoms with van der Waals surface area (Å²) >= 11 is 5.37. The van der Waals surface area contributed by atoms with Crippen molar-refractivity contribution in [1.82, 2.24) is 10.3 Å². The molecule has 0 bridgehead atoms. The Kier molecular flexibility index (Phi) is 7.04.